The van der Waals surface area contributed by atoms with Crippen molar-refractivity contribution in [2.45, 2.75) is 0 Å². The number of nitrogens with zero attached hydrogens (tertiary/aromatic N) is 1. The van der Waals surface area contributed by atoms with Crippen molar-refractivity contribution in [3.05, 3.63) is 82.3 Å². The van der Waals surface area contributed by atoms with Gasteiger partial charge in [0.1, 0.15) is 5.75 Å². The first-order valence-corrected chi connectivity index (χ1v) is 10.4. The fraction of sp³-hybridized carbons (Fsp3) is 0.120. The minimum Gasteiger partial charge on any atom is -0.497 e. The van der Waals surface area contributed by atoms with E-state index in [2.05, 4.69) is 27.3 Å². The number of methoxy groups -OCH3 is 2. The Hall–Kier alpha value is -3.76. The quantitative estimate of drug-likeness (QED) is 0.329. The van der Waals surface area contributed by atoms with E-state index in [-0.39, 0.29) is 12.5 Å². The van der Waals surface area contributed by atoms with E-state index in [9.17, 15) is 10.1 Å². The summed E-state index contributed by atoms with van der Waals surface area (Å²) < 4.78 is 16.9. The van der Waals surface area contributed by atoms with Crippen LogP contribution < -0.4 is 19.5 Å². The van der Waals surface area contributed by atoms with Gasteiger partial charge in [0.05, 0.1) is 30.3 Å². The SMILES string of the molecule is COc1ccc(/C(C#N)=C/c2cc(Br)c(OCC(=O)Nc3ccccc3)c(OC)c2)cc1. The number of amides is 1. The average molecular weight is 493 g/mol. The van der Waals surface area contributed by atoms with Crippen LogP contribution in [-0.4, -0.2) is 26.7 Å². The molecule has 0 saturated carbocycles. The summed E-state index contributed by atoms with van der Waals surface area (Å²) in [5.74, 6) is 1.26. The lowest BCUT2D eigenvalue weighted by atomic mass is 10.0. The van der Waals surface area contributed by atoms with Gasteiger partial charge in [0.15, 0.2) is 18.1 Å². The summed E-state index contributed by atoms with van der Waals surface area (Å²) in [5.41, 5.74) is 2.68. The molecule has 0 heterocycles. The molecule has 0 saturated heterocycles. The van der Waals surface area contributed by atoms with Crippen LogP contribution in [0.1, 0.15) is 11.1 Å². The molecule has 0 aliphatic rings. The van der Waals surface area contributed by atoms with E-state index in [0.717, 1.165) is 11.1 Å². The van der Waals surface area contributed by atoms with Crippen molar-refractivity contribution < 1.29 is 19.0 Å². The Kier molecular flexibility index (Phi) is 7.90. The molecule has 0 aliphatic heterocycles. The zero-order valence-corrected chi connectivity index (χ0v) is 19.2. The summed E-state index contributed by atoms with van der Waals surface area (Å²) in [6, 6.07) is 22.1. The van der Waals surface area contributed by atoms with Gasteiger partial charge in [-0.3, -0.25) is 4.79 Å². The number of nitriles is 1. The van der Waals surface area contributed by atoms with Gasteiger partial charge in [-0.25, -0.2) is 0 Å². The first-order chi connectivity index (χ1) is 15.5. The molecule has 32 heavy (non-hydrogen) atoms. The van der Waals surface area contributed by atoms with Crippen molar-refractivity contribution in [2.75, 3.05) is 26.1 Å². The molecule has 0 aliphatic carbocycles. The molecule has 0 unspecified atom stereocenters. The van der Waals surface area contributed by atoms with E-state index in [4.69, 9.17) is 14.2 Å². The van der Waals surface area contributed by atoms with Gasteiger partial charge in [0.25, 0.3) is 5.91 Å². The van der Waals surface area contributed by atoms with Gasteiger partial charge in [0.2, 0.25) is 0 Å². The molecule has 0 bridgehead atoms. The van der Waals surface area contributed by atoms with E-state index >= 15 is 0 Å². The molecule has 3 rings (SSSR count). The number of para-hydroxylation sites is 1. The largest absolute Gasteiger partial charge is 0.497 e. The second kappa shape index (κ2) is 11.0. The second-order valence-electron chi connectivity index (χ2n) is 6.64. The maximum absolute atomic E-state index is 12.2. The molecule has 0 fully saturated rings. The topological polar surface area (TPSA) is 80.6 Å². The summed E-state index contributed by atoms with van der Waals surface area (Å²) >= 11 is 3.48. The second-order valence-corrected chi connectivity index (χ2v) is 7.49. The smallest absolute Gasteiger partial charge is 0.262 e. The monoisotopic (exact) mass is 492 g/mol. The van der Waals surface area contributed by atoms with Crippen LogP contribution in [0.25, 0.3) is 11.6 Å². The number of carbonyl (C=O) groups is 1. The predicted octanol–water partition coefficient (Wildman–Crippen LogP) is 5.55. The molecule has 1 N–H and O–H groups in total. The van der Waals surface area contributed by atoms with E-state index in [0.29, 0.717) is 33.0 Å². The highest BCUT2D eigenvalue weighted by Crippen LogP contribution is 2.37. The van der Waals surface area contributed by atoms with Gasteiger partial charge in [-0.1, -0.05) is 18.2 Å². The zero-order chi connectivity index (χ0) is 22.9. The summed E-state index contributed by atoms with van der Waals surface area (Å²) in [6.45, 7) is -0.186. The number of rotatable bonds is 8. The highest BCUT2D eigenvalue weighted by Gasteiger charge is 2.14. The molecule has 6 nitrogen and oxygen atoms in total. The minimum absolute atomic E-state index is 0.186. The van der Waals surface area contributed by atoms with E-state index < -0.39 is 0 Å². The zero-order valence-electron chi connectivity index (χ0n) is 17.6. The number of anilines is 1. The average Bonchev–Trinajstić information content (AvgIpc) is 2.82. The van der Waals surface area contributed by atoms with Crippen molar-refractivity contribution in [1.82, 2.24) is 0 Å². The van der Waals surface area contributed by atoms with Crippen LogP contribution in [0.5, 0.6) is 17.2 Å². The molecule has 3 aromatic carbocycles. The van der Waals surface area contributed by atoms with Crippen molar-refractivity contribution in [3.8, 4) is 23.3 Å². The third kappa shape index (κ3) is 5.90. The maximum Gasteiger partial charge on any atom is 0.262 e. The first kappa shape index (κ1) is 22.9. The number of hydrogen-bond acceptors (Lipinski definition) is 5. The van der Waals surface area contributed by atoms with Crippen molar-refractivity contribution >= 4 is 39.2 Å². The number of halogens is 1. The van der Waals surface area contributed by atoms with Crippen molar-refractivity contribution in [1.29, 1.82) is 5.26 Å². The fourth-order valence-corrected chi connectivity index (χ4v) is 3.51. The van der Waals surface area contributed by atoms with Crippen LogP contribution in [0.15, 0.2) is 71.2 Å². The molecule has 0 atom stereocenters. The Balaban J connectivity index is 1.78. The van der Waals surface area contributed by atoms with Gasteiger partial charge in [-0.05, 0) is 81.7 Å². The number of allylic oxidation sites excluding steroid dienone is 1. The Bertz CT molecular complexity index is 1150. The Morgan fingerprint density at radius 2 is 1.78 bits per heavy atom. The van der Waals surface area contributed by atoms with Gasteiger partial charge in [-0.15, -0.1) is 0 Å². The highest BCUT2D eigenvalue weighted by molar-refractivity contribution is 9.10. The standard InChI is InChI=1S/C25H21BrN2O4/c1-30-21-10-8-18(9-11-21)19(15-27)12-17-13-22(26)25(23(14-17)31-2)32-16-24(29)28-20-6-4-3-5-7-20/h3-14H,16H2,1-2H3,(H,28,29)/b19-12+. The van der Waals surface area contributed by atoms with Crippen LogP contribution in [0, 0.1) is 11.3 Å². The Labute approximate surface area is 195 Å². The van der Waals surface area contributed by atoms with Crippen LogP contribution in [0.2, 0.25) is 0 Å². The van der Waals surface area contributed by atoms with Crippen molar-refractivity contribution in [2.24, 2.45) is 0 Å². The van der Waals surface area contributed by atoms with Gasteiger partial charge < -0.3 is 19.5 Å². The maximum atomic E-state index is 12.2. The van der Waals surface area contributed by atoms with Gasteiger partial charge >= 0.3 is 0 Å². The lowest BCUT2D eigenvalue weighted by Crippen LogP contribution is -2.20. The van der Waals surface area contributed by atoms with Gasteiger partial charge in [-0.2, -0.15) is 5.26 Å². The molecule has 0 radical (unpaired) electrons. The molecule has 3 aromatic rings. The molecule has 162 valence electrons. The summed E-state index contributed by atoms with van der Waals surface area (Å²) in [7, 11) is 3.11. The van der Waals surface area contributed by atoms with Gasteiger partial charge in [0, 0.05) is 5.69 Å². The third-order valence-electron chi connectivity index (χ3n) is 4.49. The summed E-state index contributed by atoms with van der Waals surface area (Å²) in [5, 5.41) is 12.4. The fourth-order valence-electron chi connectivity index (χ4n) is 2.94. The van der Waals surface area contributed by atoms with E-state index in [1.165, 1.54) is 7.11 Å². The molecule has 0 spiro atoms. The van der Waals surface area contributed by atoms with E-state index in [1.54, 1.807) is 49.6 Å². The Morgan fingerprint density at radius 3 is 2.41 bits per heavy atom. The van der Waals surface area contributed by atoms with E-state index in [1.807, 2.05) is 30.3 Å². The summed E-state index contributed by atoms with van der Waals surface area (Å²) in [4.78, 5) is 12.2. The van der Waals surface area contributed by atoms with Crippen LogP contribution in [0.3, 0.4) is 0 Å². The van der Waals surface area contributed by atoms with Crippen molar-refractivity contribution in [3.63, 3.8) is 0 Å². The number of carbonyl (C=O) groups excluding carboxylic acids is 1. The normalized spacial score (nSPS) is 10.8. The molecule has 0 aromatic heterocycles. The lowest BCUT2D eigenvalue weighted by molar-refractivity contribution is -0.118. The number of ether oxygens (including phenoxy) is 3. The lowest BCUT2D eigenvalue weighted by Gasteiger charge is -2.14. The van der Waals surface area contributed by atoms with Crippen LogP contribution >= 0.6 is 15.9 Å². The van der Waals surface area contributed by atoms with Crippen LogP contribution in [0.4, 0.5) is 5.69 Å². The highest BCUT2D eigenvalue weighted by atomic mass is 79.9. The van der Waals surface area contributed by atoms with Crippen LogP contribution in [-0.2, 0) is 4.79 Å². The third-order valence-corrected chi connectivity index (χ3v) is 5.08. The molecular weight excluding hydrogens is 472 g/mol. The molecular formula is C25H21BrN2O4. The molecule has 7 heteroatoms. The first-order valence-electron chi connectivity index (χ1n) is 9.65. The molecule has 1 amide bonds. The minimum atomic E-state index is -0.291. The predicted molar refractivity (Wildman–Crippen MR) is 128 cm³/mol. The summed E-state index contributed by atoms with van der Waals surface area (Å²) in [6.07, 6.45) is 1.75. The number of nitrogens with one attached hydrogen (secondary N) is 1. The number of benzene rings is 3. The Morgan fingerprint density at radius 1 is 1.06 bits per heavy atom. The number of hydrogen-bond donors (Lipinski definition) is 1.